The van der Waals surface area contributed by atoms with Gasteiger partial charge in [0.2, 0.25) is 11.8 Å². The third kappa shape index (κ3) is 8.92. The maximum atomic E-state index is 14.6. The number of nitrogens with zero attached hydrogens (tertiary/aromatic N) is 2. The monoisotopic (exact) mass is 657 g/mol. The standard InChI is InChI=1S/C37H43N3O6S/c1-5-6-23-38-37(42)33(24-29-16-9-7-10-17-29)39(26-30-18-14-13-15-28(30)2)36(41)27-40(47(43,44)32-19-11-8-12-20-32)31-21-22-34(45-3)35(25-31)46-4/h7-22,25,33H,5-6,23-24,26-27H2,1-4H3,(H,38,42)/t33-/m1/s1. The minimum Gasteiger partial charge on any atom is -0.493 e. The second-order valence-electron chi connectivity index (χ2n) is 11.2. The fourth-order valence-corrected chi connectivity index (χ4v) is 6.69. The zero-order valence-electron chi connectivity index (χ0n) is 27.4. The molecule has 2 amide bonds. The number of anilines is 1. The summed E-state index contributed by atoms with van der Waals surface area (Å²) in [6.07, 6.45) is 1.93. The number of unbranched alkanes of at least 4 members (excludes halogenated alkanes) is 1. The first-order chi connectivity index (χ1) is 22.7. The average molecular weight is 658 g/mol. The van der Waals surface area contributed by atoms with Crippen LogP contribution in [0.5, 0.6) is 11.5 Å². The third-order valence-electron chi connectivity index (χ3n) is 7.97. The second kappa shape index (κ2) is 16.6. The maximum Gasteiger partial charge on any atom is 0.264 e. The van der Waals surface area contributed by atoms with Gasteiger partial charge >= 0.3 is 0 Å². The molecule has 1 atom stereocenters. The topological polar surface area (TPSA) is 105 Å². The van der Waals surface area contributed by atoms with E-state index in [-0.39, 0.29) is 29.5 Å². The summed E-state index contributed by atoms with van der Waals surface area (Å²) in [5.41, 5.74) is 2.88. The van der Waals surface area contributed by atoms with Crippen LogP contribution in [0.25, 0.3) is 0 Å². The van der Waals surface area contributed by atoms with Crippen molar-refractivity contribution in [2.75, 3.05) is 31.6 Å². The van der Waals surface area contributed by atoms with Gasteiger partial charge < -0.3 is 19.7 Å². The first-order valence-corrected chi connectivity index (χ1v) is 17.1. The molecule has 0 spiro atoms. The number of amides is 2. The summed E-state index contributed by atoms with van der Waals surface area (Å²) in [7, 11) is -1.30. The molecule has 4 aromatic carbocycles. The van der Waals surface area contributed by atoms with Crippen molar-refractivity contribution < 1.29 is 27.5 Å². The van der Waals surface area contributed by atoms with E-state index in [1.165, 1.54) is 37.3 Å². The van der Waals surface area contributed by atoms with Crippen LogP contribution in [0.15, 0.2) is 108 Å². The largest absolute Gasteiger partial charge is 0.493 e. The number of benzene rings is 4. The molecular formula is C37H43N3O6S. The van der Waals surface area contributed by atoms with Crippen LogP contribution in [0.2, 0.25) is 0 Å². The summed E-state index contributed by atoms with van der Waals surface area (Å²) < 4.78 is 40.4. The molecule has 4 aromatic rings. The van der Waals surface area contributed by atoms with E-state index in [9.17, 15) is 18.0 Å². The molecule has 47 heavy (non-hydrogen) atoms. The summed E-state index contributed by atoms with van der Waals surface area (Å²) in [6, 6.07) is 28.9. The molecule has 0 saturated heterocycles. The molecule has 1 N–H and O–H groups in total. The van der Waals surface area contributed by atoms with Gasteiger partial charge in [0.05, 0.1) is 24.8 Å². The van der Waals surface area contributed by atoms with Gasteiger partial charge in [-0.05, 0) is 54.3 Å². The fraction of sp³-hybridized carbons (Fsp3) is 0.297. The minimum absolute atomic E-state index is 0.0196. The van der Waals surface area contributed by atoms with E-state index in [1.54, 1.807) is 30.3 Å². The van der Waals surface area contributed by atoms with E-state index in [4.69, 9.17) is 9.47 Å². The van der Waals surface area contributed by atoms with E-state index in [2.05, 4.69) is 5.32 Å². The van der Waals surface area contributed by atoms with Crippen LogP contribution in [0.3, 0.4) is 0 Å². The van der Waals surface area contributed by atoms with E-state index in [0.29, 0.717) is 18.0 Å². The summed E-state index contributed by atoms with van der Waals surface area (Å²) >= 11 is 0. The Kier molecular flexibility index (Phi) is 12.4. The number of carbonyl (C=O) groups is 2. The van der Waals surface area contributed by atoms with Crippen molar-refractivity contribution in [3.63, 3.8) is 0 Å². The van der Waals surface area contributed by atoms with Crippen molar-refractivity contribution in [3.8, 4) is 11.5 Å². The average Bonchev–Trinajstić information content (AvgIpc) is 3.09. The Hall–Kier alpha value is -4.83. The minimum atomic E-state index is -4.24. The molecule has 248 valence electrons. The lowest BCUT2D eigenvalue weighted by atomic mass is 10.0. The summed E-state index contributed by atoms with van der Waals surface area (Å²) in [4.78, 5) is 30.1. The van der Waals surface area contributed by atoms with Crippen molar-refractivity contribution in [2.24, 2.45) is 0 Å². The second-order valence-corrected chi connectivity index (χ2v) is 13.0. The molecule has 0 fully saturated rings. The van der Waals surface area contributed by atoms with Crippen LogP contribution in [0.4, 0.5) is 5.69 Å². The third-order valence-corrected chi connectivity index (χ3v) is 9.76. The fourth-order valence-electron chi connectivity index (χ4n) is 5.26. The Morgan fingerprint density at radius 1 is 0.830 bits per heavy atom. The van der Waals surface area contributed by atoms with E-state index in [1.807, 2.05) is 68.4 Å². The van der Waals surface area contributed by atoms with Gasteiger partial charge in [0.25, 0.3) is 10.0 Å². The predicted octanol–water partition coefficient (Wildman–Crippen LogP) is 5.76. The van der Waals surface area contributed by atoms with Crippen molar-refractivity contribution in [1.29, 1.82) is 0 Å². The zero-order valence-corrected chi connectivity index (χ0v) is 28.2. The number of rotatable bonds is 16. The molecule has 0 bridgehead atoms. The number of ether oxygens (including phenoxy) is 2. The van der Waals surface area contributed by atoms with Crippen molar-refractivity contribution in [1.82, 2.24) is 10.2 Å². The first kappa shape index (κ1) is 35.0. The summed E-state index contributed by atoms with van der Waals surface area (Å²) in [5.74, 6) is -0.117. The smallest absolute Gasteiger partial charge is 0.264 e. The maximum absolute atomic E-state index is 14.6. The molecule has 4 rings (SSSR count). The van der Waals surface area contributed by atoms with Crippen LogP contribution in [-0.4, -0.2) is 58.5 Å². The van der Waals surface area contributed by atoms with Gasteiger partial charge in [-0.15, -0.1) is 0 Å². The van der Waals surface area contributed by atoms with Crippen LogP contribution >= 0.6 is 0 Å². The number of methoxy groups -OCH3 is 2. The molecular weight excluding hydrogens is 614 g/mol. The van der Waals surface area contributed by atoms with E-state index < -0.39 is 28.5 Å². The van der Waals surface area contributed by atoms with Crippen LogP contribution in [-0.2, 0) is 32.6 Å². The zero-order chi connectivity index (χ0) is 33.8. The molecule has 0 saturated carbocycles. The Morgan fingerprint density at radius 2 is 1.47 bits per heavy atom. The molecule has 0 aliphatic carbocycles. The van der Waals surface area contributed by atoms with Crippen molar-refractivity contribution >= 4 is 27.5 Å². The SMILES string of the molecule is CCCCNC(=O)[C@@H](Cc1ccccc1)N(Cc1ccccc1C)C(=O)CN(c1ccc(OC)c(OC)c1)S(=O)(=O)c1ccccc1. The van der Waals surface area contributed by atoms with Crippen molar-refractivity contribution in [2.45, 2.75) is 50.6 Å². The molecule has 10 heteroatoms. The van der Waals surface area contributed by atoms with E-state index in [0.717, 1.165) is 33.8 Å². The molecule has 0 aliphatic rings. The summed E-state index contributed by atoms with van der Waals surface area (Å²) in [6.45, 7) is 3.99. The van der Waals surface area contributed by atoms with Gasteiger partial charge in [0, 0.05) is 25.6 Å². The van der Waals surface area contributed by atoms with Gasteiger partial charge in [0.1, 0.15) is 12.6 Å². The predicted molar refractivity (Wildman–Crippen MR) is 184 cm³/mol. The number of aryl methyl sites for hydroxylation is 1. The highest BCUT2D eigenvalue weighted by molar-refractivity contribution is 7.92. The Bertz CT molecular complexity index is 1730. The highest BCUT2D eigenvalue weighted by atomic mass is 32.2. The quantitative estimate of drug-likeness (QED) is 0.154. The normalized spacial score (nSPS) is 11.7. The van der Waals surface area contributed by atoms with Crippen LogP contribution in [0.1, 0.15) is 36.5 Å². The van der Waals surface area contributed by atoms with Gasteiger partial charge in [-0.3, -0.25) is 13.9 Å². The van der Waals surface area contributed by atoms with E-state index >= 15 is 0 Å². The van der Waals surface area contributed by atoms with Gasteiger partial charge in [-0.25, -0.2) is 8.42 Å². The Labute approximate surface area is 278 Å². The number of hydrogen-bond acceptors (Lipinski definition) is 6. The number of nitrogens with one attached hydrogen (secondary N) is 1. The molecule has 0 heterocycles. The van der Waals surface area contributed by atoms with Gasteiger partial charge in [-0.2, -0.15) is 0 Å². The van der Waals surface area contributed by atoms with Gasteiger partial charge in [-0.1, -0.05) is 86.1 Å². The lowest BCUT2D eigenvalue weighted by Crippen LogP contribution is -2.53. The van der Waals surface area contributed by atoms with Crippen LogP contribution in [0, 0.1) is 6.92 Å². The highest BCUT2D eigenvalue weighted by Gasteiger charge is 2.35. The Balaban J connectivity index is 1.83. The number of carbonyl (C=O) groups excluding carboxylic acids is 2. The number of sulfonamides is 1. The Morgan fingerprint density at radius 3 is 2.11 bits per heavy atom. The number of hydrogen-bond donors (Lipinski definition) is 1. The lowest BCUT2D eigenvalue weighted by Gasteiger charge is -2.34. The first-order valence-electron chi connectivity index (χ1n) is 15.6. The molecule has 9 nitrogen and oxygen atoms in total. The van der Waals surface area contributed by atoms with Crippen molar-refractivity contribution in [3.05, 3.63) is 120 Å². The molecule has 0 aliphatic heterocycles. The molecule has 0 radical (unpaired) electrons. The van der Waals surface area contributed by atoms with Crippen LogP contribution < -0.4 is 19.1 Å². The molecule has 0 unspecified atom stereocenters. The summed E-state index contributed by atoms with van der Waals surface area (Å²) in [5, 5.41) is 3.01. The molecule has 0 aromatic heterocycles. The lowest BCUT2D eigenvalue weighted by molar-refractivity contribution is -0.140. The van der Waals surface area contributed by atoms with Gasteiger partial charge in [0.15, 0.2) is 11.5 Å². The highest BCUT2D eigenvalue weighted by Crippen LogP contribution is 2.34.